The average Bonchev–Trinajstić information content (AvgIpc) is 2.74. The minimum Gasteiger partial charge on any atom is -0.454 e. The molecule has 5 heteroatoms. The normalized spacial score (nSPS) is 16.5. The number of ether oxygens (including phenoxy) is 2. The summed E-state index contributed by atoms with van der Waals surface area (Å²) in [6.45, 7) is 4.09. The highest BCUT2D eigenvalue weighted by molar-refractivity contribution is 5.85. The molecule has 1 aliphatic rings. The fourth-order valence-corrected chi connectivity index (χ4v) is 1.81. The quantitative estimate of drug-likeness (QED) is 0.870. The van der Waals surface area contributed by atoms with Gasteiger partial charge in [-0.2, -0.15) is 0 Å². The fourth-order valence-electron chi connectivity index (χ4n) is 1.81. The zero-order valence-corrected chi connectivity index (χ0v) is 10.7. The van der Waals surface area contributed by atoms with Crippen LogP contribution >= 0.6 is 12.4 Å². The monoisotopic (exact) mass is 259 g/mol. The first-order chi connectivity index (χ1) is 7.61. The smallest absolute Gasteiger partial charge is 0.231 e. The number of fused-ring (bicyclic) bond motifs is 1. The van der Waals surface area contributed by atoms with Crippen LogP contribution in [0.3, 0.4) is 0 Å². The molecule has 96 valence electrons. The van der Waals surface area contributed by atoms with Crippen molar-refractivity contribution in [3.05, 3.63) is 23.8 Å². The molecule has 0 aromatic heterocycles. The summed E-state index contributed by atoms with van der Waals surface area (Å²) in [7, 11) is 0. The Bertz CT molecular complexity index is 384. The number of hydrogen-bond acceptors (Lipinski definition) is 4. The number of halogens is 1. The molecule has 0 unspecified atom stereocenters. The summed E-state index contributed by atoms with van der Waals surface area (Å²) in [5.41, 5.74) is 6.83. The van der Waals surface area contributed by atoms with E-state index in [1.165, 1.54) is 0 Å². The van der Waals surface area contributed by atoms with Gasteiger partial charge in [0.15, 0.2) is 11.5 Å². The van der Waals surface area contributed by atoms with Crippen molar-refractivity contribution in [2.24, 2.45) is 11.7 Å². The number of aliphatic hydroxyl groups is 1. The Kier molecular flexibility index (Phi) is 4.62. The molecule has 0 radical (unpaired) electrons. The molecule has 0 saturated heterocycles. The molecule has 1 aromatic rings. The third kappa shape index (κ3) is 2.65. The van der Waals surface area contributed by atoms with E-state index in [-0.39, 0.29) is 25.1 Å². The third-order valence-electron chi connectivity index (χ3n) is 2.84. The maximum absolute atomic E-state index is 9.96. The van der Waals surface area contributed by atoms with Gasteiger partial charge in [0.25, 0.3) is 0 Å². The largest absolute Gasteiger partial charge is 0.454 e. The van der Waals surface area contributed by atoms with Gasteiger partial charge in [-0.25, -0.2) is 0 Å². The molecule has 0 amide bonds. The van der Waals surface area contributed by atoms with E-state index in [2.05, 4.69) is 0 Å². The molecule has 1 aromatic carbocycles. The topological polar surface area (TPSA) is 64.7 Å². The maximum atomic E-state index is 9.96. The molecule has 0 bridgehead atoms. The molecular formula is C12H18ClNO3. The lowest BCUT2D eigenvalue weighted by Gasteiger charge is -2.23. The molecule has 2 rings (SSSR count). The van der Waals surface area contributed by atoms with Crippen LogP contribution in [0.2, 0.25) is 0 Å². The molecule has 1 heterocycles. The maximum Gasteiger partial charge on any atom is 0.231 e. The van der Waals surface area contributed by atoms with Crippen molar-refractivity contribution in [2.75, 3.05) is 6.79 Å². The summed E-state index contributed by atoms with van der Waals surface area (Å²) >= 11 is 0. The zero-order chi connectivity index (χ0) is 11.7. The molecule has 17 heavy (non-hydrogen) atoms. The predicted octanol–water partition coefficient (Wildman–Crippen LogP) is 1.85. The SMILES string of the molecule is CC(C)[C@@H](O)[C@@H](N)c1cccc2c1OCO2.Cl. The second-order valence-corrected chi connectivity index (χ2v) is 4.34. The summed E-state index contributed by atoms with van der Waals surface area (Å²) in [6.07, 6.45) is -0.587. The van der Waals surface area contributed by atoms with Crippen LogP contribution in [0, 0.1) is 5.92 Å². The van der Waals surface area contributed by atoms with Crippen molar-refractivity contribution >= 4 is 12.4 Å². The zero-order valence-electron chi connectivity index (χ0n) is 9.92. The van der Waals surface area contributed by atoms with Crippen molar-refractivity contribution in [3.63, 3.8) is 0 Å². The minimum atomic E-state index is -0.587. The highest BCUT2D eigenvalue weighted by atomic mass is 35.5. The predicted molar refractivity (Wildman–Crippen MR) is 67.6 cm³/mol. The third-order valence-corrected chi connectivity index (χ3v) is 2.84. The summed E-state index contributed by atoms with van der Waals surface area (Å²) in [5, 5.41) is 9.96. The molecule has 1 aliphatic heterocycles. The Morgan fingerprint density at radius 3 is 2.65 bits per heavy atom. The lowest BCUT2D eigenvalue weighted by molar-refractivity contribution is 0.0963. The number of para-hydroxylation sites is 1. The number of aliphatic hydroxyl groups excluding tert-OH is 1. The lowest BCUT2D eigenvalue weighted by Crippen LogP contribution is -2.30. The van der Waals surface area contributed by atoms with Gasteiger partial charge >= 0.3 is 0 Å². The summed E-state index contributed by atoms with van der Waals surface area (Å²) < 4.78 is 10.6. The van der Waals surface area contributed by atoms with Gasteiger partial charge in [-0.05, 0) is 12.0 Å². The van der Waals surface area contributed by atoms with Crippen molar-refractivity contribution in [1.82, 2.24) is 0 Å². The molecule has 3 N–H and O–H groups in total. The summed E-state index contributed by atoms with van der Waals surface area (Å²) in [4.78, 5) is 0. The van der Waals surface area contributed by atoms with Crippen LogP contribution < -0.4 is 15.2 Å². The van der Waals surface area contributed by atoms with E-state index in [1.807, 2.05) is 32.0 Å². The Morgan fingerprint density at radius 2 is 2.00 bits per heavy atom. The van der Waals surface area contributed by atoms with Gasteiger partial charge < -0.3 is 20.3 Å². The van der Waals surface area contributed by atoms with E-state index in [9.17, 15) is 5.11 Å². The second kappa shape index (κ2) is 5.58. The van der Waals surface area contributed by atoms with Crippen molar-refractivity contribution in [2.45, 2.75) is 26.0 Å². The van der Waals surface area contributed by atoms with Crippen LogP contribution in [0.15, 0.2) is 18.2 Å². The summed E-state index contributed by atoms with van der Waals surface area (Å²) in [6, 6.07) is 5.11. The number of rotatable bonds is 3. The highest BCUT2D eigenvalue weighted by Gasteiger charge is 2.26. The molecule has 4 nitrogen and oxygen atoms in total. The Balaban J connectivity index is 0.00000144. The average molecular weight is 260 g/mol. The first-order valence-electron chi connectivity index (χ1n) is 5.43. The second-order valence-electron chi connectivity index (χ2n) is 4.34. The fraction of sp³-hybridized carbons (Fsp3) is 0.500. The Morgan fingerprint density at radius 1 is 1.29 bits per heavy atom. The molecule has 0 aliphatic carbocycles. The number of benzene rings is 1. The van der Waals surface area contributed by atoms with Crippen molar-refractivity contribution in [3.8, 4) is 11.5 Å². The van der Waals surface area contributed by atoms with E-state index in [0.29, 0.717) is 11.5 Å². The molecule has 2 atom stereocenters. The standard InChI is InChI=1S/C12H17NO3.ClH/c1-7(2)11(14)10(13)8-4-3-5-9-12(8)16-6-15-9;/h3-5,7,10-11,14H,6,13H2,1-2H3;1H/t10-,11+;/m0./s1. The molecular weight excluding hydrogens is 242 g/mol. The Hall–Kier alpha value is -0.970. The molecule has 0 fully saturated rings. The van der Waals surface area contributed by atoms with Crippen LogP contribution in [-0.4, -0.2) is 18.0 Å². The minimum absolute atomic E-state index is 0. The van der Waals surface area contributed by atoms with Crippen LogP contribution in [0.4, 0.5) is 0 Å². The van der Waals surface area contributed by atoms with Crippen molar-refractivity contribution in [1.29, 1.82) is 0 Å². The van der Waals surface area contributed by atoms with Crippen LogP contribution in [0.5, 0.6) is 11.5 Å². The van der Waals surface area contributed by atoms with E-state index < -0.39 is 12.1 Å². The van der Waals surface area contributed by atoms with Gasteiger partial charge in [0.2, 0.25) is 6.79 Å². The lowest BCUT2D eigenvalue weighted by atomic mass is 9.94. The van der Waals surface area contributed by atoms with Crippen LogP contribution in [0.25, 0.3) is 0 Å². The van der Waals surface area contributed by atoms with Gasteiger partial charge in [-0.3, -0.25) is 0 Å². The van der Waals surface area contributed by atoms with Gasteiger partial charge in [-0.1, -0.05) is 26.0 Å². The molecule has 0 spiro atoms. The number of hydrogen-bond donors (Lipinski definition) is 2. The first-order valence-corrected chi connectivity index (χ1v) is 5.43. The van der Waals surface area contributed by atoms with Gasteiger partial charge in [0.1, 0.15) is 0 Å². The molecule has 0 saturated carbocycles. The van der Waals surface area contributed by atoms with E-state index in [0.717, 1.165) is 5.56 Å². The first kappa shape index (κ1) is 14.1. The van der Waals surface area contributed by atoms with E-state index in [4.69, 9.17) is 15.2 Å². The van der Waals surface area contributed by atoms with Gasteiger partial charge in [-0.15, -0.1) is 12.4 Å². The van der Waals surface area contributed by atoms with Crippen LogP contribution in [0.1, 0.15) is 25.5 Å². The highest BCUT2D eigenvalue weighted by Crippen LogP contribution is 2.39. The van der Waals surface area contributed by atoms with Crippen molar-refractivity contribution < 1.29 is 14.6 Å². The van der Waals surface area contributed by atoms with Crippen LogP contribution in [-0.2, 0) is 0 Å². The van der Waals surface area contributed by atoms with Gasteiger partial charge in [0, 0.05) is 5.56 Å². The Labute approximate surface area is 107 Å². The van der Waals surface area contributed by atoms with Gasteiger partial charge in [0.05, 0.1) is 12.1 Å². The van der Waals surface area contributed by atoms with E-state index >= 15 is 0 Å². The van der Waals surface area contributed by atoms with E-state index in [1.54, 1.807) is 0 Å². The summed E-state index contributed by atoms with van der Waals surface area (Å²) in [5.74, 6) is 1.46. The number of nitrogens with two attached hydrogens (primary N) is 1.